The molecule has 1 aromatic carbocycles. The van der Waals surface area contributed by atoms with Gasteiger partial charge in [-0.1, -0.05) is 17.7 Å². The summed E-state index contributed by atoms with van der Waals surface area (Å²) in [6.45, 7) is 1.91. The zero-order valence-electron chi connectivity index (χ0n) is 8.95. The van der Waals surface area contributed by atoms with Crippen molar-refractivity contribution < 1.29 is 4.74 Å². The van der Waals surface area contributed by atoms with Crippen LogP contribution in [0.3, 0.4) is 0 Å². The first-order valence-electron chi connectivity index (χ1n) is 4.69. The molecule has 0 spiro atoms. The zero-order chi connectivity index (χ0) is 11.7. The first kappa shape index (κ1) is 11.2. The van der Waals surface area contributed by atoms with Gasteiger partial charge in [-0.15, -0.1) is 11.3 Å². The van der Waals surface area contributed by atoms with Gasteiger partial charge in [0.25, 0.3) is 0 Å². The summed E-state index contributed by atoms with van der Waals surface area (Å²) >= 11 is 7.60. The number of hydrogen-bond donors (Lipinski definition) is 1. The topological polar surface area (TPSA) is 48.1 Å². The Hall–Kier alpha value is -1.26. The Morgan fingerprint density at radius 2 is 2.19 bits per heavy atom. The lowest BCUT2D eigenvalue weighted by atomic mass is 10.1. The maximum atomic E-state index is 6.15. The minimum Gasteiger partial charge on any atom is -0.496 e. The molecule has 0 aliphatic carbocycles. The van der Waals surface area contributed by atoms with Crippen LogP contribution in [0, 0.1) is 6.92 Å². The Morgan fingerprint density at radius 3 is 2.75 bits per heavy atom. The number of benzene rings is 1. The van der Waals surface area contributed by atoms with E-state index in [-0.39, 0.29) is 0 Å². The number of hydrogen-bond acceptors (Lipinski definition) is 4. The fraction of sp³-hybridized carbons (Fsp3) is 0.182. The second-order valence-electron chi connectivity index (χ2n) is 3.26. The van der Waals surface area contributed by atoms with Gasteiger partial charge in [0.1, 0.15) is 16.4 Å². The van der Waals surface area contributed by atoms with Crippen molar-refractivity contribution in [3.8, 4) is 17.0 Å². The number of thiazole rings is 1. The van der Waals surface area contributed by atoms with Crippen LogP contribution in [0.1, 0.15) is 5.01 Å². The Kier molecular flexibility index (Phi) is 3.03. The Balaban J connectivity index is 2.67. The first-order valence-corrected chi connectivity index (χ1v) is 5.88. The number of rotatable bonds is 2. The molecule has 16 heavy (non-hydrogen) atoms. The van der Waals surface area contributed by atoms with Crippen LogP contribution in [0.2, 0.25) is 5.02 Å². The minimum atomic E-state index is 0.594. The number of anilines is 1. The Bertz CT molecular complexity index is 525. The third kappa shape index (κ3) is 1.86. The summed E-state index contributed by atoms with van der Waals surface area (Å²) in [4.78, 5) is 4.38. The predicted octanol–water partition coefficient (Wildman–Crippen LogP) is 3.36. The highest BCUT2D eigenvalue weighted by atomic mass is 35.5. The summed E-state index contributed by atoms with van der Waals surface area (Å²) < 4.78 is 5.27. The van der Waals surface area contributed by atoms with E-state index in [0.717, 1.165) is 10.6 Å². The maximum absolute atomic E-state index is 6.15. The number of methoxy groups -OCH3 is 1. The molecule has 0 amide bonds. The average Bonchev–Trinajstić information content (AvgIpc) is 2.57. The van der Waals surface area contributed by atoms with E-state index in [0.29, 0.717) is 21.5 Å². The lowest BCUT2D eigenvalue weighted by Crippen LogP contribution is -1.92. The highest BCUT2D eigenvalue weighted by Gasteiger charge is 2.16. The van der Waals surface area contributed by atoms with E-state index >= 15 is 0 Å². The zero-order valence-corrected chi connectivity index (χ0v) is 10.5. The Morgan fingerprint density at radius 1 is 1.44 bits per heavy atom. The van der Waals surface area contributed by atoms with Crippen LogP contribution in [-0.2, 0) is 0 Å². The van der Waals surface area contributed by atoms with Crippen molar-refractivity contribution in [2.24, 2.45) is 0 Å². The van der Waals surface area contributed by atoms with Gasteiger partial charge in [-0.2, -0.15) is 0 Å². The fourth-order valence-electron chi connectivity index (χ4n) is 1.53. The van der Waals surface area contributed by atoms with Gasteiger partial charge in [-0.3, -0.25) is 0 Å². The monoisotopic (exact) mass is 254 g/mol. The van der Waals surface area contributed by atoms with Crippen LogP contribution in [-0.4, -0.2) is 12.1 Å². The molecule has 2 aromatic rings. The molecule has 1 heterocycles. The molecule has 0 unspecified atom stereocenters. The molecule has 2 N–H and O–H groups in total. The molecular formula is C11H11ClN2OS. The van der Waals surface area contributed by atoms with E-state index in [9.17, 15) is 0 Å². The molecule has 1 aromatic heterocycles. The lowest BCUT2D eigenvalue weighted by Gasteiger charge is -2.08. The predicted molar refractivity (Wildman–Crippen MR) is 68.3 cm³/mol. The van der Waals surface area contributed by atoms with Crippen LogP contribution in [0.5, 0.6) is 5.75 Å². The van der Waals surface area contributed by atoms with Gasteiger partial charge < -0.3 is 10.5 Å². The van der Waals surface area contributed by atoms with Gasteiger partial charge in [0.05, 0.1) is 22.7 Å². The van der Waals surface area contributed by atoms with E-state index in [4.69, 9.17) is 22.1 Å². The van der Waals surface area contributed by atoms with Crippen LogP contribution in [0.4, 0.5) is 5.00 Å². The van der Waals surface area contributed by atoms with E-state index in [1.54, 1.807) is 13.2 Å². The summed E-state index contributed by atoms with van der Waals surface area (Å²) in [6.07, 6.45) is 0. The summed E-state index contributed by atoms with van der Waals surface area (Å²) in [5.74, 6) is 0.685. The quantitative estimate of drug-likeness (QED) is 0.894. The van der Waals surface area contributed by atoms with Crippen molar-refractivity contribution in [2.45, 2.75) is 6.92 Å². The molecule has 0 aliphatic heterocycles. The van der Waals surface area contributed by atoms with Gasteiger partial charge in [0, 0.05) is 0 Å². The number of aryl methyl sites for hydroxylation is 1. The molecule has 0 atom stereocenters. The van der Waals surface area contributed by atoms with Crippen molar-refractivity contribution >= 4 is 27.9 Å². The second kappa shape index (κ2) is 4.31. The number of ether oxygens (including phenoxy) is 1. The molecule has 0 bridgehead atoms. The van der Waals surface area contributed by atoms with Crippen molar-refractivity contribution in [1.29, 1.82) is 0 Å². The van der Waals surface area contributed by atoms with E-state index < -0.39 is 0 Å². The molecule has 0 saturated carbocycles. The van der Waals surface area contributed by atoms with Crippen LogP contribution in [0.25, 0.3) is 11.3 Å². The average molecular weight is 255 g/mol. The number of nitrogen functional groups attached to an aromatic ring is 1. The second-order valence-corrected chi connectivity index (χ2v) is 4.90. The molecule has 3 nitrogen and oxygen atoms in total. The molecule has 0 aliphatic rings. The summed E-state index contributed by atoms with van der Waals surface area (Å²) in [7, 11) is 1.60. The van der Waals surface area contributed by atoms with Crippen LogP contribution >= 0.6 is 22.9 Å². The van der Waals surface area contributed by atoms with Crippen LogP contribution in [0.15, 0.2) is 18.2 Å². The van der Waals surface area contributed by atoms with Gasteiger partial charge in [-0.05, 0) is 19.1 Å². The molecular weight excluding hydrogens is 244 g/mol. The standard InChI is InChI=1S/C11H11ClN2OS/c1-6-14-10(11(13)16-6)9-7(12)4-3-5-8(9)15-2/h3-5H,13H2,1-2H3. The first-order chi connectivity index (χ1) is 7.63. The molecule has 0 radical (unpaired) electrons. The third-order valence-corrected chi connectivity index (χ3v) is 3.31. The lowest BCUT2D eigenvalue weighted by molar-refractivity contribution is 0.416. The Labute approximate surface area is 103 Å². The van der Waals surface area contributed by atoms with E-state index in [1.807, 2.05) is 19.1 Å². The molecule has 2 rings (SSSR count). The summed E-state index contributed by atoms with van der Waals surface area (Å²) in [6, 6.07) is 5.48. The highest BCUT2D eigenvalue weighted by molar-refractivity contribution is 7.16. The maximum Gasteiger partial charge on any atom is 0.129 e. The smallest absolute Gasteiger partial charge is 0.129 e. The fourth-order valence-corrected chi connectivity index (χ4v) is 2.48. The van der Waals surface area contributed by atoms with Crippen molar-refractivity contribution in [3.63, 3.8) is 0 Å². The molecule has 5 heteroatoms. The van der Waals surface area contributed by atoms with Gasteiger partial charge in [0.15, 0.2) is 0 Å². The van der Waals surface area contributed by atoms with Gasteiger partial charge in [0.2, 0.25) is 0 Å². The summed E-state index contributed by atoms with van der Waals surface area (Å²) in [5, 5.41) is 2.16. The number of nitrogens with two attached hydrogens (primary N) is 1. The third-order valence-electron chi connectivity index (χ3n) is 2.19. The largest absolute Gasteiger partial charge is 0.496 e. The normalized spacial score (nSPS) is 10.4. The SMILES string of the molecule is COc1cccc(Cl)c1-c1nc(C)sc1N. The number of aromatic nitrogens is 1. The van der Waals surface area contributed by atoms with Gasteiger partial charge >= 0.3 is 0 Å². The van der Waals surface area contributed by atoms with Crippen molar-refractivity contribution in [3.05, 3.63) is 28.2 Å². The van der Waals surface area contributed by atoms with Crippen molar-refractivity contribution in [1.82, 2.24) is 4.98 Å². The van der Waals surface area contributed by atoms with Gasteiger partial charge in [-0.25, -0.2) is 4.98 Å². The van der Waals surface area contributed by atoms with E-state index in [1.165, 1.54) is 11.3 Å². The molecule has 0 fully saturated rings. The molecule has 84 valence electrons. The molecule has 0 saturated heterocycles. The minimum absolute atomic E-state index is 0.594. The summed E-state index contributed by atoms with van der Waals surface area (Å²) in [5.41, 5.74) is 7.36. The number of nitrogens with zero attached hydrogens (tertiary/aromatic N) is 1. The van der Waals surface area contributed by atoms with E-state index in [2.05, 4.69) is 4.98 Å². The number of halogens is 1. The highest BCUT2D eigenvalue weighted by Crippen LogP contribution is 2.40. The van der Waals surface area contributed by atoms with Crippen molar-refractivity contribution in [2.75, 3.05) is 12.8 Å². The van der Waals surface area contributed by atoms with Crippen LogP contribution < -0.4 is 10.5 Å².